The molecule has 18 heavy (non-hydrogen) atoms. The maximum Gasteiger partial charge on any atom is 0.0700 e. The summed E-state index contributed by atoms with van der Waals surface area (Å²) < 4.78 is 0. The van der Waals surface area contributed by atoms with E-state index in [1.54, 1.807) is 0 Å². The van der Waals surface area contributed by atoms with Gasteiger partial charge in [0.1, 0.15) is 0 Å². The molecule has 98 valence electrons. The average Bonchev–Trinajstić information content (AvgIpc) is 2.30. The van der Waals surface area contributed by atoms with Crippen molar-refractivity contribution < 1.29 is 0 Å². The molecule has 1 rings (SSSR count). The van der Waals surface area contributed by atoms with Gasteiger partial charge in [0.2, 0.25) is 0 Å². The molecule has 0 saturated carbocycles. The van der Waals surface area contributed by atoms with Crippen LogP contribution in [-0.2, 0) is 0 Å². The van der Waals surface area contributed by atoms with Crippen LogP contribution in [0.15, 0.2) is 34.8 Å². The first-order valence-electron chi connectivity index (χ1n) is 6.70. The summed E-state index contributed by atoms with van der Waals surface area (Å²) in [6.07, 6.45) is 2.94. The molecule has 0 aliphatic carbocycles. The fourth-order valence-electron chi connectivity index (χ4n) is 2.39. The molecule has 1 aromatic rings. The van der Waals surface area contributed by atoms with E-state index >= 15 is 0 Å². The number of hydrogen-bond donors (Lipinski definition) is 0. The quantitative estimate of drug-likeness (QED) is 0.609. The van der Waals surface area contributed by atoms with Crippen molar-refractivity contribution in [2.45, 2.75) is 48.0 Å². The van der Waals surface area contributed by atoms with Gasteiger partial charge in [0.05, 0.1) is 5.69 Å². The monoisotopic (exact) mass is 243 g/mol. The Morgan fingerprint density at radius 3 is 2.33 bits per heavy atom. The molecular formula is C17H25N. The normalized spacial score (nSPS) is 13.9. The topological polar surface area (TPSA) is 12.4 Å². The molecule has 0 aromatic heterocycles. The zero-order valence-corrected chi connectivity index (χ0v) is 12.5. The lowest BCUT2D eigenvalue weighted by Gasteiger charge is -2.27. The van der Waals surface area contributed by atoms with Crippen LogP contribution in [0.3, 0.4) is 0 Å². The highest BCUT2D eigenvalue weighted by atomic mass is 14.7. The van der Waals surface area contributed by atoms with Gasteiger partial charge in [-0.2, -0.15) is 0 Å². The van der Waals surface area contributed by atoms with Crippen LogP contribution < -0.4 is 0 Å². The second kappa shape index (κ2) is 5.99. The van der Waals surface area contributed by atoms with Crippen molar-refractivity contribution >= 4 is 17.5 Å². The second-order valence-electron chi connectivity index (χ2n) is 5.66. The molecule has 0 atom stereocenters. The van der Waals surface area contributed by atoms with Gasteiger partial charge < -0.3 is 0 Å². The third kappa shape index (κ3) is 3.32. The van der Waals surface area contributed by atoms with Crippen molar-refractivity contribution in [3.63, 3.8) is 0 Å². The molecule has 1 nitrogen and oxygen atoms in total. The van der Waals surface area contributed by atoms with Crippen LogP contribution >= 0.6 is 0 Å². The molecule has 0 aliphatic heterocycles. The Bertz CT molecular complexity index is 459. The van der Waals surface area contributed by atoms with Crippen LogP contribution in [-0.4, -0.2) is 6.21 Å². The number of para-hydroxylation sites is 1. The van der Waals surface area contributed by atoms with Crippen molar-refractivity contribution in [2.24, 2.45) is 10.4 Å². The fraction of sp³-hybridized carbons (Fsp3) is 0.471. The van der Waals surface area contributed by atoms with Crippen LogP contribution in [0.25, 0.3) is 5.57 Å². The minimum absolute atomic E-state index is 0.138. The molecule has 0 radical (unpaired) electrons. The lowest BCUT2D eigenvalue weighted by atomic mass is 9.78. The van der Waals surface area contributed by atoms with Crippen molar-refractivity contribution in [3.8, 4) is 0 Å². The molecule has 0 fully saturated rings. The van der Waals surface area contributed by atoms with E-state index in [1.165, 1.54) is 16.7 Å². The average molecular weight is 243 g/mol. The van der Waals surface area contributed by atoms with Gasteiger partial charge in [-0.05, 0) is 37.3 Å². The lowest BCUT2D eigenvalue weighted by molar-refractivity contribution is 0.562. The number of nitrogens with zero attached hydrogens (tertiary/aromatic N) is 1. The predicted molar refractivity (Wildman–Crippen MR) is 82.6 cm³/mol. The van der Waals surface area contributed by atoms with Crippen LogP contribution in [0.4, 0.5) is 5.69 Å². The number of benzene rings is 1. The summed E-state index contributed by atoms with van der Waals surface area (Å²) in [7, 11) is 0. The van der Waals surface area contributed by atoms with Gasteiger partial charge in [-0.15, -0.1) is 0 Å². The second-order valence-corrected chi connectivity index (χ2v) is 5.66. The highest BCUT2D eigenvalue weighted by Crippen LogP contribution is 2.41. The zero-order chi connectivity index (χ0) is 13.8. The maximum atomic E-state index is 4.50. The molecule has 0 spiro atoms. The molecule has 0 saturated heterocycles. The Labute approximate surface area is 112 Å². The van der Waals surface area contributed by atoms with Gasteiger partial charge in [0.15, 0.2) is 0 Å². The third-order valence-corrected chi connectivity index (χ3v) is 3.15. The smallest absolute Gasteiger partial charge is 0.0700 e. The van der Waals surface area contributed by atoms with Crippen molar-refractivity contribution in [3.05, 3.63) is 35.4 Å². The summed E-state index contributed by atoms with van der Waals surface area (Å²) in [5.41, 5.74) is 5.34. The van der Waals surface area contributed by atoms with Gasteiger partial charge in [0.25, 0.3) is 0 Å². The zero-order valence-electron chi connectivity index (χ0n) is 12.5. The summed E-state index contributed by atoms with van der Waals surface area (Å²) in [5.74, 6) is 0. The van der Waals surface area contributed by atoms with E-state index < -0.39 is 0 Å². The van der Waals surface area contributed by atoms with E-state index in [2.05, 4.69) is 57.8 Å². The van der Waals surface area contributed by atoms with E-state index in [1.807, 2.05) is 19.2 Å². The first kappa shape index (κ1) is 14.7. The van der Waals surface area contributed by atoms with Gasteiger partial charge in [0, 0.05) is 11.8 Å². The van der Waals surface area contributed by atoms with E-state index in [4.69, 9.17) is 0 Å². The third-order valence-electron chi connectivity index (χ3n) is 3.15. The van der Waals surface area contributed by atoms with Crippen LogP contribution in [0.1, 0.15) is 53.5 Å². The Hall–Kier alpha value is -1.37. The van der Waals surface area contributed by atoms with Crippen LogP contribution in [0, 0.1) is 5.41 Å². The molecule has 0 unspecified atom stereocenters. The highest BCUT2D eigenvalue weighted by Gasteiger charge is 2.22. The van der Waals surface area contributed by atoms with Crippen LogP contribution in [0.2, 0.25) is 0 Å². The summed E-state index contributed by atoms with van der Waals surface area (Å²) in [4.78, 5) is 4.50. The molecular weight excluding hydrogens is 218 g/mol. The molecule has 0 N–H and O–H groups in total. The largest absolute Gasteiger partial charge is 0.261 e. The van der Waals surface area contributed by atoms with Gasteiger partial charge in [-0.25, -0.2) is 0 Å². The van der Waals surface area contributed by atoms with E-state index in [0.29, 0.717) is 0 Å². The summed E-state index contributed by atoms with van der Waals surface area (Å²) in [6.45, 7) is 13.2. The molecule has 0 aliphatic rings. The summed E-state index contributed by atoms with van der Waals surface area (Å²) >= 11 is 0. The van der Waals surface area contributed by atoms with Gasteiger partial charge in [-0.1, -0.05) is 51.5 Å². The first-order valence-corrected chi connectivity index (χ1v) is 6.70. The van der Waals surface area contributed by atoms with E-state index in [9.17, 15) is 0 Å². The maximum absolute atomic E-state index is 4.50. The standard InChI is InChI=1S/C17H25N/c1-7-13(3)16(17(4,5)6)14-11-9-10-12-15(14)18-8-2/h8-12H,7H2,1-6H3/b16-13-,18-8-. The Kier molecular flexibility index (Phi) is 4.89. The van der Waals surface area contributed by atoms with Gasteiger partial charge >= 0.3 is 0 Å². The highest BCUT2D eigenvalue weighted by molar-refractivity contribution is 5.81. The van der Waals surface area contributed by atoms with Crippen molar-refractivity contribution in [1.29, 1.82) is 0 Å². The molecule has 1 heteroatoms. The molecule has 0 heterocycles. The Morgan fingerprint density at radius 1 is 1.22 bits per heavy atom. The number of allylic oxidation sites excluding steroid dienone is 2. The van der Waals surface area contributed by atoms with Crippen molar-refractivity contribution in [2.75, 3.05) is 0 Å². The minimum Gasteiger partial charge on any atom is -0.261 e. The molecule has 0 bridgehead atoms. The SMILES string of the molecule is C/C=N\c1ccccc1/C(=C(\C)CC)C(C)(C)C. The first-order chi connectivity index (χ1) is 8.41. The van der Waals surface area contributed by atoms with Crippen LogP contribution in [0.5, 0.6) is 0 Å². The molecule has 0 amide bonds. The lowest BCUT2D eigenvalue weighted by Crippen LogP contribution is -2.10. The number of hydrogen-bond acceptors (Lipinski definition) is 1. The van der Waals surface area contributed by atoms with Gasteiger partial charge in [-0.3, -0.25) is 4.99 Å². The van der Waals surface area contributed by atoms with E-state index in [0.717, 1.165) is 12.1 Å². The number of rotatable bonds is 3. The Balaban J connectivity index is 3.50. The van der Waals surface area contributed by atoms with E-state index in [-0.39, 0.29) is 5.41 Å². The summed E-state index contributed by atoms with van der Waals surface area (Å²) in [5, 5.41) is 0. The Morgan fingerprint density at radius 2 is 1.83 bits per heavy atom. The predicted octanol–water partition coefficient (Wildman–Crippen LogP) is 5.64. The van der Waals surface area contributed by atoms with Crippen molar-refractivity contribution in [1.82, 2.24) is 0 Å². The summed E-state index contributed by atoms with van der Waals surface area (Å²) in [6, 6.07) is 8.41. The minimum atomic E-state index is 0.138. The number of aliphatic imine (C=N–C) groups is 1. The fourth-order valence-corrected chi connectivity index (χ4v) is 2.39. The molecule has 1 aromatic carbocycles.